The molecule has 5 heteroatoms. The number of aromatic amines is 1. The summed E-state index contributed by atoms with van der Waals surface area (Å²) in [5, 5.41) is 7.44. The van der Waals surface area contributed by atoms with E-state index in [1.165, 1.54) is 12.1 Å². The second-order valence-electron chi connectivity index (χ2n) is 5.98. The number of nitrogens with two attached hydrogens (primary N) is 1. The summed E-state index contributed by atoms with van der Waals surface area (Å²) in [6.45, 7) is 5.03. The van der Waals surface area contributed by atoms with Gasteiger partial charge in [-0.05, 0) is 50.2 Å². The number of hydrogen-bond donors (Lipinski definition) is 2. The normalized spacial score (nSPS) is 12.2. The molecule has 0 saturated carbocycles. The molecule has 3 rings (SSSR count). The summed E-state index contributed by atoms with van der Waals surface area (Å²) in [6.07, 6.45) is 0. The maximum absolute atomic E-state index is 13.1. The highest BCUT2D eigenvalue weighted by Gasteiger charge is 2.20. The first kappa shape index (κ1) is 17.2. The summed E-state index contributed by atoms with van der Waals surface area (Å²) in [6, 6.07) is 14.3. The molecule has 130 valence electrons. The highest BCUT2D eigenvalue weighted by Crippen LogP contribution is 2.33. The molecule has 0 saturated heterocycles. The van der Waals surface area contributed by atoms with Gasteiger partial charge < -0.3 is 10.5 Å². The second-order valence-corrected chi connectivity index (χ2v) is 5.98. The molecule has 0 spiro atoms. The van der Waals surface area contributed by atoms with Crippen LogP contribution >= 0.6 is 0 Å². The zero-order chi connectivity index (χ0) is 17.8. The fraction of sp³-hybridized carbons (Fsp3) is 0.250. The molecule has 25 heavy (non-hydrogen) atoms. The van der Waals surface area contributed by atoms with Gasteiger partial charge in [-0.15, -0.1) is 0 Å². The lowest BCUT2D eigenvalue weighted by molar-refractivity contribution is 0.335. The van der Waals surface area contributed by atoms with Crippen molar-refractivity contribution in [3.8, 4) is 17.0 Å². The SMILES string of the molecule is CCOc1ccc(C)cc1C(CN)c1cc(-c2ccc(F)cc2)n[nH]1. The predicted molar refractivity (Wildman–Crippen MR) is 97.2 cm³/mol. The first-order valence-electron chi connectivity index (χ1n) is 8.37. The van der Waals surface area contributed by atoms with E-state index in [0.29, 0.717) is 13.2 Å². The lowest BCUT2D eigenvalue weighted by atomic mass is 9.93. The number of aryl methyl sites for hydroxylation is 1. The van der Waals surface area contributed by atoms with Crippen LogP contribution in [0.1, 0.15) is 29.7 Å². The van der Waals surface area contributed by atoms with Gasteiger partial charge in [0.25, 0.3) is 0 Å². The van der Waals surface area contributed by atoms with Crippen molar-refractivity contribution in [1.82, 2.24) is 10.2 Å². The molecule has 4 nitrogen and oxygen atoms in total. The molecule has 1 aromatic heterocycles. The first-order chi connectivity index (χ1) is 12.1. The Morgan fingerprint density at radius 3 is 2.60 bits per heavy atom. The van der Waals surface area contributed by atoms with Gasteiger partial charge in [-0.3, -0.25) is 5.10 Å². The summed E-state index contributed by atoms with van der Waals surface area (Å²) < 4.78 is 18.9. The van der Waals surface area contributed by atoms with Crippen LogP contribution in [0.3, 0.4) is 0 Å². The lowest BCUT2D eigenvalue weighted by Gasteiger charge is -2.18. The van der Waals surface area contributed by atoms with E-state index in [4.69, 9.17) is 10.5 Å². The van der Waals surface area contributed by atoms with Crippen LogP contribution in [-0.4, -0.2) is 23.3 Å². The van der Waals surface area contributed by atoms with Crippen molar-refractivity contribution in [2.24, 2.45) is 5.73 Å². The van der Waals surface area contributed by atoms with E-state index >= 15 is 0 Å². The van der Waals surface area contributed by atoms with Crippen LogP contribution in [0.15, 0.2) is 48.5 Å². The number of nitrogens with one attached hydrogen (secondary N) is 1. The van der Waals surface area contributed by atoms with Crippen LogP contribution in [0, 0.1) is 12.7 Å². The molecule has 3 N–H and O–H groups in total. The third kappa shape index (κ3) is 3.72. The van der Waals surface area contributed by atoms with Crippen LogP contribution in [0.2, 0.25) is 0 Å². The van der Waals surface area contributed by atoms with Crippen LogP contribution in [0.5, 0.6) is 5.75 Å². The Bertz CT molecular complexity index is 842. The highest BCUT2D eigenvalue weighted by molar-refractivity contribution is 5.60. The number of benzene rings is 2. The molecular formula is C20H22FN3O. The maximum atomic E-state index is 13.1. The van der Waals surface area contributed by atoms with Gasteiger partial charge in [0.1, 0.15) is 11.6 Å². The summed E-state index contributed by atoms with van der Waals surface area (Å²) in [5.74, 6) is 0.519. The number of H-pyrrole nitrogens is 1. The summed E-state index contributed by atoms with van der Waals surface area (Å²) in [7, 11) is 0. The fourth-order valence-electron chi connectivity index (χ4n) is 2.93. The van der Waals surface area contributed by atoms with Crippen LogP contribution < -0.4 is 10.5 Å². The van der Waals surface area contributed by atoms with E-state index in [0.717, 1.165) is 33.8 Å². The van der Waals surface area contributed by atoms with Gasteiger partial charge in [0.15, 0.2) is 0 Å². The molecule has 0 aliphatic rings. The molecule has 0 bridgehead atoms. The van der Waals surface area contributed by atoms with E-state index in [9.17, 15) is 4.39 Å². The van der Waals surface area contributed by atoms with Gasteiger partial charge in [-0.1, -0.05) is 17.7 Å². The van der Waals surface area contributed by atoms with Gasteiger partial charge in [0, 0.05) is 29.3 Å². The molecule has 0 aliphatic carbocycles. The van der Waals surface area contributed by atoms with Crippen molar-refractivity contribution in [3.63, 3.8) is 0 Å². The molecule has 1 atom stereocenters. The average Bonchev–Trinajstić information content (AvgIpc) is 3.08. The third-order valence-electron chi connectivity index (χ3n) is 4.19. The summed E-state index contributed by atoms with van der Waals surface area (Å²) in [5.41, 5.74) is 10.8. The minimum absolute atomic E-state index is 0.0526. The lowest BCUT2D eigenvalue weighted by Crippen LogP contribution is -2.15. The largest absolute Gasteiger partial charge is 0.494 e. The molecule has 3 aromatic rings. The third-order valence-corrected chi connectivity index (χ3v) is 4.19. The zero-order valence-corrected chi connectivity index (χ0v) is 14.4. The summed E-state index contributed by atoms with van der Waals surface area (Å²) in [4.78, 5) is 0. The van der Waals surface area contributed by atoms with Crippen molar-refractivity contribution in [3.05, 3.63) is 71.2 Å². The molecule has 2 aromatic carbocycles. The van der Waals surface area contributed by atoms with Gasteiger partial charge >= 0.3 is 0 Å². The van der Waals surface area contributed by atoms with Crippen molar-refractivity contribution in [1.29, 1.82) is 0 Å². The Morgan fingerprint density at radius 2 is 1.92 bits per heavy atom. The van der Waals surface area contributed by atoms with Crippen molar-refractivity contribution in [2.45, 2.75) is 19.8 Å². The fourth-order valence-corrected chi connectivity index (χ4v) is 2.93. The average molecular weight is 339 g/mol. The number of halogens is 1. The Hall–Kier alpha value is -2.66. The Balaban J connectivity index is 1.97. The zero-order valence-electron chi connectivity index (χ0n) is 14.4. The van der Waals surface area contributed by atoms with E-state index < -0.39 is 0 Å². The Kier molecular flexibility index (Phi) is 5.14. The minimum Gasteiger partial charge on any atom is -0.494 e. The number of rotatable bonds is 6. The molecule has 0 amide bonds. The highest BCUT2D eigenvalue weighted by atomic mass is 19.1. The van der Waals surface area contributed by atoms with Crippen LogP contribution in [0.4, 0.5) is 4.39 Å². The monoisotopic (exact) mass is 339 g/mol. The number of nitrogens with zero attached hydrogens (tertiary/aromatic N) is 1. The number of ether oxygens (including phenoxy) is 1. The predicted octanol–water partition coefficient (Wildman–Crippen LogP) is 4.01. The molecule has 1 unspecified atom stereocenters. The van der Waals surface area contributed by atoms with E-state index in [-0.39, 0.29) is 11.7 Å². The topological polar surface area (TPSA) is 63.9 Å². The molecular weight excluding hydrogens is 317 g/mol. The van der Waals surface area contributed by atoms with E-state index in [2.05, 4.69) is 16.3 Å². The van der Waals surface area contributed by atoms with Crippen molar-refractivity contribution >= 4 is 0 Å². The van der Waals surface area contributed by atoms with Crippen molar-refractivity contribution in [2.75, 3.05) is 13.2 Å². The first-order valence-corrected chi connectivity index (χ1v) is 8.37. The van der Waals surface area contributed by atoms with E-state index in [1.807, 2.05) is 32.0 Å². The smallest absolute Gasteiger partial charge is 0.123 e. The second kappa shape index (κ2) is 7.49. The van der Waals surface area contributed by atoms with Gasteiger partial charge in [-0.2, -0.15) is 5.10 Å². The molecule has 0 radical (unpaired) electrons. The van der Waals surface area contributed by atoms with Crippen LogP contribution in [0.25, 0.3) is 11.3 Å². The standard InChI is InChI=1S/C20H22FN3O/c1-3-25-20-9-4-13(2)10-16(20)17(12-22)19-11-18(23-24-19)14-5-7-15(21)8-6-14/h4-11,17H,3,12,22H2,1-2H3,(H,23,24). The van der Waals surface area contributed by atoms with Gasteiger partial charge in [0.2, 0.25) is 0 Å². The molecule has 0 aliphatic heterocycles. The van der Waals surface area contributed by atoms with Gasteiger partial charge in [-0.25, -0.2) is 4.39 Å². The van der Waals surface area contributed by atoms with Crippen LogP contribution in [-0.2, 0) is 0 Å². The number of aromatic nitrogens is 2. The molecule has 0 fully saturated rings. The molecule has 1 heterocycles. The Labute approximate surface area is 146 Å². The maximum Gasteiger partial charge on any atom is 0.123 e. The number of hydrogen-bond acceptors (Lipinski definition) is 3. The minimum atomic E-state index is -0.263. The summed E-state index contributed by atoms with van der Waals surface area (Å²) >= 11 is 0. The van der Waals surface area contributed by atoms with Gasteiger partial charge in [0.05, 0.1) is 12.3 Å². The quantitative estimate of drug-likeness (QED) is 0.713. The van der Waals surface area contributed by atoms with E-state index in [1.54, 1.807) is 12.1 Å². The Morgan fingerprint density at radius 1 is 1.16 bits per heavy atom. The van der Waals surface area contributed by atoms with Crippen molar-refractivity contribution < 1.29 is 9.13 Å².